The average molecular weight is 353 g/mol. The maximum atomic E-state index is 12.4. The molecule has 1 saturated carbocycles. The Morgan fingerprint density at radius 2 is 1.58 bits per heavy atom. The Labute approximate surface area is 155 Å². The molecule has 0 heterocycles. The molecule has 0 saturated heterocycles. The SMILES string of the molecule is COc1ccc(CCNC(=O)CC(c2ccc(OC)cc2)C2CC2)cc1. The Balaban J connectivity index is 1.49. The van der Waals surface area contributed by atoms with E-state index < -0.39 is 0 Å². The molecule has 4 heteroatoms. The van der Waals surface area contributed by atoms with E-state index in [0.717, 1.165) is 17.9 Å². The van der Waals surface area contributed by atoms with E-state index in [-0.39, 0.29) is 5.91 Å². The Kier molecular flexibility index (Phi) is 6.16. The van der Waals surface area contributed by atoms with Crippen molar-refractivity contribution >= 4 is 5.91 Å². The van der Waals surface area contributed by atoms with E-state index in [9.17, 15) is 4.79 Å². The fourth-order valence-electron chi connectivity index (χ4n) is 3.32. The van der Waals surface area contributed by atoms with Crippen molar-refractivity contribution in [3.8, 4) is 11.5 Å². The van der Waals surface area contributed by atoms with E-state index >= 15 is 0 Å². The molecule has 2 aromatic carbocycles. The minimum Gasteiger partial charge on any atom is -0.497 e. The number of hydrogen-bond acceptors (Lipinski definition) is 3. The van der Waals surface area contributed by atoms with Crippen molar-refractivity contribution in [2.45, 2.75) is 31.6 Å². The molecule has 3 rings (SSSR count). The van der Waals surface area contributed by atoms with Crippen LogP contribution in [0.5, 0.6) is 11.5 Å². The summed E-state index contributed by atoms with van der Waals surface area (Å²) in [4.78, 5) is 12.4. The van der Waals surface area contributed by atoms with Gasteiger partial charge in [-0.25, -0.2) is 0 Å². The van der Waals surface area contributed by atoms with E-state index in [1.54, 1.807) is 14.2 Å². The molecule has 1 aliphatic rings. The predicted molar refractivity (Wildman–Crippen MR) is 103 cm³/mol. The van der Waals surface area contributed by atoms with Crippen molar-refractivity contribution in [3.63, 3.8) is 0 Å². The molecular formula is C22H27NO3. The normalized spacial score (nSPS) is 14.5. The maximum Gasteiger partial charge on any atom is 0.220 e. The number of nitrogens with one attached hydrogen (secondary N) is 1. The second-order valence-electron chi connectivity index (χ2n) is 6.87. The van der Waals surface area contributed by atoms with Gasteiger partial charge in [0.05, 0.1) is 14.2 Å². The largest absolute Gasteiger partial charge is 0.497 e. The molecule has 2 aromatic rings. The minimum absolute atomic E-state index is 0.131. The highest BCUT2D eigenvalue weighted by Crippen LogP contribution is 2.44. The molecule has 0 spiro atoms. The van der Waals surface area contributed by atoms with Gasteiger partial charge in [0.15, 0.2) is 0 Å². The van der Waals surface area contributed by atoms with E-state index in [2.05, 4.69) is 17.4 Å². The fourth-order valence-corrected chi connectivity index (χ4v) is 3.32. The first kappa shape index (κ1) is 18.3. The van der Waals surface area contributed by atoms with Crippen molar-refractivity contribution in [1.29, 1.82) is 0 Å². The van der Waals surface area contributed by atoms with Gasteiger partial charge in [-0.15, -0.1) is 0 Å². The summed E-state index contributed by atoms with van der Waals surface area (Å²) in [6.07, 6.45) is 3.82. The van der Waals surface area contributed by atoms with Crippen LogP contribution in [0.4, 0.5) is 0 Å². The highest BCUT2D eigenvalue weighted by Gasteiger charge is 2.33. The molecule has 1 unspecified atom stereocenters. The van der Waals surface area contributed by atoms with Gasteiger partial charge in [-0.3, -0.25) is 4.79 Å². The molecule has 1 amide bonds. The van der Waals surface area contributed by atoms with Crippen LogP contribution in [0.2, 0.25) is 0 Å². The summed E-state index contributed by atoms with van der Waals surface area (Å²) in [6, 6.07) is 16.1. The zero-order chi connectivity index (χ0) is 18.4. The van der Waals surface area contributed by atoms with Gasteiger partial charge in [0.2, 0.25) is 5.91 Å². The molecule has 0 bridgehead atoms. The van der Waals surface area contributed by atoms with E-state index in [1.807, 2.05) is 36.4 Å². The van der Waals surface area contributed by atoms with Crippen LogP contribution >= 0.6 is 0 Å². The standard InChI is InChI=1S/C22H27NO3/c1-25-19-9-3-16(4-10-19)13-14-23-22(24)15-21(17-5-6-17)18-7-11-20(26-2)12-8-18/h3-4,7-12,17,21H,5-6,13-15H2,1-2H3,(H,23,24). The number of carbonyl (C=O) groups is 1. The fraction of sp³-hybridized carbons (Fsp3) is 0.409. The Morgan fingerprint density at radius 3 is 2.12 bits per heavy atom. The lowest BCUT2D eigenvalue weighted by Gasteiger charge is -2.17. The van der Waals surface area contributed by atoms with Gasteiger partial charge in [0.25, 0.3) is 0 Å². The van der Waals surface area contributed by atoms with E-state index in [4.69, 9.17) is 9.47 Å². The highest BCUT2D eigenvalue weighted by atomic mass is 16.5. The summed E-state index contributed by atoms with van der Waals surface area (Å²) in [7, 11) is 3.33. The van der Waals surface area contributed by atoms with Crippen LogP contribution in [0.1, 0.15) is 36.3 Å². The lowest BCUT2D eigenvalue weighted by atomic mass is 9.90. The Morgan fingerprint density at radius 1 is 1.00 bits per heavy atom. The van der Waals surface area contributed by atoms with Crippen molar-refractivity contribution in [2.24, 2.45) is 5.92 Å². The van der Waals surface area contributed by atoms with Gasteiger partial charge >= 0.3 is 0 Å². The van der Waals surface area contributed by atoms with Crippen molar-refractivity contribution < 1.29 is 14.3 Å². The first-order valence-corrected chi connectivity index (χ1v) is 9.23. The monoisotopic (exact) mass is 353 g/mol. The summed E-state index contributed by atoms with van der Waals surface area (Å²) < 4.78 is 10.4. The summed E-state index contributed by atoms with van der Waals surface area (Å²) in [5.74, 6) is 2.78. The van der Waals surface area contributed by atoms with E-state index in [1.165, 1.54) is 24.0 Å². The molecular weight excluding hydrogens is 326 g/mol. The van der Waals surface area contributed by atoms with Gasteiger partial charge in [-0.05, 0) is 66.5 Å². The van der Waals surface area contributed by atoms with Gasteiger partial charge in [0.1, 0.15) is 11.5 Å². The third-order valence-electron chi connectivity index (χ3n) is 5.04. The van der Waals surface area contributed by atoms with Crippen LogP contribution in [0.3, 0.4) is 0 Å². The number of carbonyl (C=O) groups excluding carboxylic acids is 1. The van der Waals surface area contributed by atoms with Gasteiger partial charge in [0, 0.05) is 13.0 Å². The first-order valence-electron chi connectivity index (χ1n) is 9.23. The van der Waals surface area contributed by atoms with Gasteiger partial charge in [-0.2, -0.15) is 0 Å². The summed E-state index contributed by atoms with van der Waals surface area (Å²) in [6.45, 7) is 0.658. The molecule has 1 atom stereocenters. The van der Waals surface area contributed by atoms with Crippen LogP contribution < -0.4 is 14.8 Å². The van der Waals surface area contributed by atoms with Crippen LogP contribution in [0.25, 0.3) is 0 Å². The molecule has 1 N–H and O–H groups in total. The zero-order valence-corrected chi connectivity index (χ0v) is 15.5. The van der Waals surface area contributed by atoms with Crippen LogP contribution in [-0.2, 0) is 11.2 Å². The number of rotatable bonds is 9. The number of amides is 1. The molecule has 0 radical (unpaired) electrons. The van der Waals surface area contributed by atoms with E-state index in [0.29, 0.717) is 24.8 Å². The quantitative estimate of drug-likeness (QED) is 0.743. The topological polar surface area (TPSA) is 47.6 Å². The molecule has 0 aromatic heterocycles. The molecule has 0 aliphatic heterocycles. The summed E-state index contributed by atoms with van der Waals surface area (Å²) in [5.41, 5.74) is 2.43. The number of ether oxygens (including phenoxy) is 2. The molecule has 26 heavy (non-hydrogen) atoms. The smallest absolute Gasteiger partial charge is 0.220 e. The van der Waals surface area contributed by atoms with Crippen molar-refractivity contribution in [3.05, 3.63) is 59.7 Å². The number of methoxy groups -OCH3 is 2. The lowest BCUT2D eigenvalue weighted by molar-refractivity contribution is -0.121. The highest BCUT2D eigenvalue weighted by molar-refractivity contribution is 5.77. The second-order valence-corrected chi connectivity index (χ2v) is 6.87. The maximum absolute atomic E-state index is 12.4. The molecule has 4 nitrogen and oxygen atoms in total. The Hall–Kier alpha value is -2.49. The summed E-state index contributed by atoms with van der Waals surface area (Å²) >= 11 is 0. The molecule has 1 fully saturated rings. The molecule has 1 aliphatic carbocycles. The average Bonchev–Trinajstić information content (AvgIpc) is 3.52. The zero-order valence-electron chi connectivity index (χ0n) is 15.5. The molecule has 138 valence electrons. The Bertz CT molecular complexity index is 705. The van der Waals surface area contributed by atoms with Gasteiger partial charge < -0.3 is 14.8 Å². The third kappa shape index (κ3) is 5.01. The van der Waals surface area contributed by atoms with Crippen molar-refractivity contribution in [1.82, 2.24) is 5.32 Å². The van der Waals surface area contributed by atoms with Crippen LogP contribution in [0.15, 0.2) is 48.5 Å². The van der Waals surface area contributed by atoms with Crippen LogP contribution in [-0.4, -0.2) is 26.7 Å². The van der Waals surface area contributed by atoms with Crippen LogP contribution in [0, 0.1) is 5.92 Å². The predicted octanol–water partition coefficient (Wildman–Crippen LogP) is 3.95. The van der Waals surface area contributed by atoms with Gasteiger partial charge in [-0.1, -0.05) is 24.3 Å². The number of hydrogen-bond donors (Lipinski definition) is 1. The first-order chi connectivity index (χ1) is 12.7. The lowest BCUT2D eigenvalue weighted by Crippen LogP contribution is -2.27. The minimum atomic E-state index is 0.131. The summed E-state index contributed by atoms with van der Waals surface area (Å²) in [5, 5.41) is 3.07. The third-order valence-corrected chi connectivity index (χ3v) is 5.04. The second kappa shape index (κ2) is 8.75. The van der Waals surface area contributed by atoms with Crippen molar-refractivity contribution in [2.75, 3.05) is 20.8 Å². The number of benzene rings is 2.